The summed E-state index contributed by atoms with van der Waals surface area (Å²) >= 11 is 0. The van der Waals surface area contributed by atoms with Gasteiger partial charge in [-0.3, -0.25) is 9.59 Å². The number of methoxy groups -OCH3 is 1. The molecule has 7 heteroatoms. The normalized spacial score (nSPS) is 22.5. The summed E-state index contributed by atoms with van der Waals surface area (Å²) in [6.45, 7) is 5.00. The number of β-lactam (4-membered cyclic amide) rings is 1. The molecule has 1 heterocycles. The molecule has 19 heavy (non-hydrogen) atoms. The summed E-state index contributed by atoms with van der Waals surface area (Å²) in [4.78, 5) is 33.8. The van der Waals surface area contributed by atoms with Crippen molar-refractivity contribution in [2.24, 2.45) is 5.92 Å². The summed E-state index contributed by atoms with van der Waals surface area (Å²) in [5.74, 6) is -1.27. The van der Waals surface area contributed by atoms with Gasteiger partial charge in [-0.15, -0.1) is 0 Å². The van der Waals surface area contributed by atoms with Crippen LogP contribution in [0.15, 0.2) is 12.7 Å². The Morgan fingerprint density at radius 3 is 2.74 bits per heavy atom. The van der Waals surface area contributed by atoms with Gasteiger partial charge in [0, 0.05) is 0 Å². The molecule has 0 unspecified atom stereocenters. The molecule has 1 rings (SSSR count). The Morgan fingerprint density at radius 1 is 1.53 bits per heavy atom. The van der Waals surface area contributed by atoms with E-state index in [1.807, 2.05) is 0 Å². The molecule has 0 saturated carbocycles. The molecule has 1 N–H and O–H groups in total. The average molecular weight is 271 g/mol. The maximum atomic E-state index is 11.4. The second-order valence-corrected chi connectivity index (χ2v) is 4.09. The number of amides is 1. The van der Waals surface area contributed by atoms with Crippen LogP contribution in [-0.4, -0.2) is 43.9 Å². The Labute approximate surface area is 110 Å². The lowest BCUT2D eigenvalue weighted by Gasteiger charge is -2.38. The molecule has 0 aliphatic carbocycles. The van der Waals surface area contributed by atoms with Crippen molar-refractivity contribution in [1.82, 2.24) is 5.32 Å². The quantitative estimate of drug-likeness (QED) is 0.427. The van der Waals surface area contributed by atoms with E-state index < -0.39 is 24.1 Å². The van der Waals surface area contributed by atoms with Gasteiger partial charge in [-0.1, -0.05) is 12.7 Å². The standard InChI is InChI=1S/C12H17NO6/c1-4-5-18-12(16)19-7(2)10-8(13-11(10)15)6-9(14)17-3/h4,7-8,10H,1,5-6H2,2-3H3,(H,13,15)/t7-,8-,10-/m1/s1. The van der Waals surface area contributed by atoms with Crippen molar-refractivity contribution in [2.45, 2.75) is 25.5 Å². The summed E-state index contributed by atoms with van der Waals surface area (Å²) in [7, 11) is 1.27. The number of ether oxygens (including phenoxy) is 3. The number of rotatable bonds is 6. The van der Waals surface area contributed by atoms with E-state index in [1.165, 1.54) is 13.2 Å². The van der Waals surface area contributed by atoms with E-state index in [0.29, 0.717) is 0 Å². The molecule has 0 radical (unpaired) electrons. The van der Waals surface area contributed by atoms with Crippen molar-refractivity contribution >= 4 is 18.0 Å². The van der Waals surface area contributed by atoms with Gasteiger partial charge in [0.25, 0.3) is 0 Å². The van der Waals surface area contributed by atoms with Gasteiger partial charge in [0.1, 0.15) is 12.7 Å². The van der Waals surface area contributed by atoms with E-state index >= 15 is 0 Å². The Morgan fingerprint density at radius 2 is 2.21 bits per heavy atom. The third-order valence-electron chi connectivity index (χ3n) is 2.79. The number of esters is 1. The molecule has 1 saturated heterocycles. The fraction of sp³-hybridized carbons (Fsp3) is 0.583. The number of carbonyl (C=O) groups is 3. The van der Waals surface area contributed by atoms with Crippen molar-refractivity contribution in [3.8, 4) is 0 Å². The molecule has 0 aromatic rings. The van der Waals surface area contributed by atoms with Gasteiger partial charge < -0.3 is 19.5 Å². The second kappa shape index (κ2) is 6.77. The van der Waals surface area contributed by atoms with Crippen LogP contribution in [0.1, 0.15) is 13.3 Å². The first-order valence-electron chi connectivity index (χ1n) is 5.81. The minimum Gasteiger partial charge on any atom is -0.469 e. The molecule has 106 valence electrons. The van der Waals surface area contributed by atoms with E-state index in [2.05, 4.69) is 21.4 Å². The molecule has 3 atom stereocenters. The monoisotopic (exact) mass is 271 g/mol. The smallest absolute Gasteiger partial charge is 0.469 e. The molecular weight excluding hydrogens is 254 g/mol. The lowest BCUT2D eigenvalue weighted by Crippen LogP contribution is -2.63. The second-order valence-electron chi connectivity index (χ2n) is 4.09. The van der Waals surface area contributed by atoms with Crippen LogP contribution in [0.25, 0.3) is 0 Å². The van der Waals surface area contributed by atoms with Crippen molar-refractivity contribution in [3.05, 3.63) is 12.7 Å². The van der Waals surface area contributed by atoms with Gasteiger partial charge in [0.15, 0.2) is 0 Å². The topological polar surface area (TPSA) is 90.9 Å². The van der Waals surface area contributed by atoms with E-state index in [9.17, 15) is 14.4 Å². The zero-order valence-corrected chi connectivity index (χ0v) is 10.9. The molecule has 0 aromatic carbocycles. The summed E-state index contributed by atoms with van der Waals surface area (Å²) in [5.41, 5.74) is 0. The van der Waals surface area contributed by atoms with Gasteiger partial charge >= 0.3 is 12.1 Å². The van der Waals surface area contributed by atoms with Crippen molar-refractivity contribution in [3.63, 3.8) is 0 Å². The number of carbonyl (C=O) groups excluding carboxylic acids is 3. The van der Waals surface area contributed by atoms with E-state index in [1.54, 1.807) is 6.92 Å². The summed E-state index contributed by atoms with van der Waals surface area (Å²) in [6, 6.07) is -0.387. The van der Waals surface area contributed by atoms with Crippen molar-refractivity contribution in [1.29, 1.82) is 0 Å². The van der Waals surface area contributed by atoms with Crippen LogP contribution in [0.3, 0.4) is 0 Å². The zero-order chi connectivity index (χ0) is 14.4. The molecule has 0 spiro atoms. The van der Waals surface area contributed by atoms with Crippen LogP contribution in [-0.2, 0) is 23.8 Å². The highest BCUT2D eigenvalue weighted by Gasteiger charge is 2.45. The predicted octanol–water partition coefficient (Wildman–Crippen LogP) is 0.392. The van der Waals surface area contributed by atoms with Crippen LogP contribution < -0.4 is 5.32 Å². The highest BCUT2D eigenvalue weighted by atomic mass is 16.7. The van der Waals surface area contributed by atoms with Gasteiger partial charge in [-0.05, 0) is 6.92 Å². The zero-order valence-electron chi connectivity index (χ0n) is 10.9. The van der Waals surface area contributed by atoms with E-state index in [0.717, 1.165) is 0 Å². The third-order valence-corrected chi connectivity index (χ3v) is 2.79. The van der Waals surface area contributed by atoms with Gasteiger partial charge in [0.2, 0.25) is 5.91 Å². The predicted molar refractivity (Wildman–Crippen MR) is 64.1 cm³/mol. The highest BCUT2D eigenvalue weighted by Crippen LogP contribution is 2.24. The first kappa shape index (κ1) is 15.0. The minimum atomic E-state index is -0.871. The molecule has 7 nitrogen and oxygen atoms in total. The molecule has 1 aliphatic rings. The Kier molecular flexibility index (Phi) is 5.35. The van der Waals surface area contributed by atoms with Gasteiger partial charge in [0.05, 0.1) is 25.5 Å². The summed E-state index contributed by atoms with van der Waals surface area (Å²) in [5, 5.41) is 2.57. The fourth-order valence-electron chi connectivity index (χ4n) is 1.82. The average Bonchev–Trinajstić information content (AvgIpc) is 2.34. The maximum Gasteiger partial charge on any atom is 0.508 e. The highest BCUT2D eigenvalue weighted by molar-refractivity contribution is 5.88. The summed E-state index contributed by atoms with van der Waals surface area (Å²) in [6.07, 6.45) is -0.102. The van der Waals surface area contributed by atoms with Gasteiger partial charge in [-0.25, -0.2) is 4.79 Å². The minimum absolute atomic E-state index is 0.0357. The number of nitrogens with one attached hydrogen (secondary N) is 1. The van der Waals surface area contributed by atoms with Crippen LogP contribution in [0.5, 0.6) is 0 Å². The molecular formula is C12H17NO6. The largest absolute Gasteiger partial charge is 0.508 e. The number of hydrogen-bond donors (Lipinski definition) is 1. The van der Waals surface area contributed by atoms with Crippen LogP contribution >= 0.6 is 0 Å². The van der Waals surface area contributed by atoms with Crippen molar-refractivity contribution < 1.29 is 28.6 Å². The lowest BCUT2D eigenvalue weighted by atomic mass is 9.84. The first-order valence-corrected chi connectivity index (χ1v) is 5.81. The SMILES string of the molecule is C=CCOC(=O)O[C@H](C)[C@H]1C(=O)N[C@@H]1CC(=O)OC. The molecule has 1 aliphatic heterocycles. The van der Waals surface area contributed by atoms with Crippen LogP contribution in [0.2, 0.25) is 0 Å². The maximum absolute atomic E-state index is 11.4. The molecule has 1 amide bonds. The van der Waals surface area contributed by atoms with E-state index in [-0.39, 0.29) is 25.0 Å². The van der Waals surface area contributed by atoms with Crippen molar-refractivity contribution in [2.75, 3.05) is 13.7 Å². The fourth-order valence-corrected chi connectivity index (χ4v) is 1.82. The van der Waals surface area contributed by atoms with Gasteiger partial charge in [-0.2, -0.15) is 0 Å². The Hall–Kier alpha value is -2.05. The first-order chi connectivity index (χ1) is 8.99. The van der Waals surface area contributed by atoms with E-state index in [4.69, 9.17) is 4.74 Å². The lowest BCUT2D eigenvalue weighted by molar-refractivity contribution is -0.148. The summed E-state index contributed by atoms with van der Waals surface area (Å²) < 4.78 is 14.1. The van der Waals surface area contributed by atoms with Crippen LogP contribution in [0.4, 0.5) is 4.79 Å². The third kappa shape index (κ3) is 3.97. The Balaban J connectivity index is 2.47. The molecule has 0 aromatic heterocycles. The molecule has 0 bridgehead atoms. The Bertz CT molecular complexity index is 380. The number of hydrogen-bond acceptors (Lipinski definition) is 6. The van der Waals surface area contributed by atoms with Crippen LogP contribution in [0, 0.1) is 5.92 Å². The molecule has 1 fully saturated rings.